The van der Waals surface area contributed by atoms with E-state index in [1.54, 1.807) is 0 Å². The summed E-state index contributed by atoms with van der Waals surface area (Å²) in [5, 5.41) is 13.9. The Bertz CT molecular complexity index is 1360. The third-order valence-corrected chi connectivity index (χ3v) is 6.23. The fourth-order valence-corrected chi connectivity index (χ4v) is 4.39. The monoisotopic (exact) mass is 441 g/mol. The van der Waals surface area contributed by atoms with Crippen LogP contribution in [0.1, 0.15) is 36.6 Å². The van der Waals surface area contributed by atoms with E-state index in [-0.39, 0.29) is 29.2 Å². The highest BCUT2D eigenvalue weighted by Gasteiger charge is 2.31. The Balaban J connectivity index is 1.75. The van der Waals surface area contributed by atoms with Crippen LogP contribution in [0.25, 0.3) is 16.9 Å². The van der Waals surface area contributed by atoms with Crippen LogP contribution in [0.3, 0.4) is 0 Å². The Kier molecular flexibility index (Phi) is 3.54. The van der Waals surface area contributed by atoms with Gasteiger partial charge in [-0.1, -0.05) is 6.92 Å². The molecule has 4 heterocycles. The van der Waals surface area contributed by atoms with E-state index in [0.29, 0.717) is 25.1 Å². The second kappa shape index (κ2) is 7.84. The van der Waals surface area contributed by atoms with Crippen LogP contribution in [0, 0.1) is 5.92 Å². The van der Waals surface area contributed by atoms with Crippen molar-refractivity contribution in [2.45, 2.75) is 39.2 Å². The molecular formula is C18H26N8O3S. The number of H-pyrrole nitrogens is 1. The van der Waals surface area contributed by atoms with Crippen LogP contribution in [-0.2, 0) is 10.0 Å². The lowest BCUT2D eigenvalue weighted by Gasteiger charge is -2.35. The van der Waals surface area contributed by atoms with Crippen molar-refractivity contribution in [2.24, 2.45) is 5.92 Å². The molecule has 1 saturated heterocycles. The van der Waals surface area contributed by atoms with Crippen LogP contribution >= 0.6 is 0 Å². The van der Waals surface area contributed by atoms with Gasteiger partial charge in [-0.2, -0.15) is 14.6 Å². The molecule has 30 heavy (non-hydrogen) atoms. The van der Waals surface area contributed by atoms with Crippen molar-refractivity contribution in [1.29, 1.82) is 0 Å². The van der Waals surface area contributed by atoms with Gasteiger partial charge in [0.2, 0.25) is 21.9 Å². The first-order chi connectivity index (χ1) is 17.0. The molecule has 0 bridgehead atoms. The van der Waals surface area contributed by atoms with Gasteiger partial charge in [0.15, 0.2) is 5.65 Å². The molecule has 1 fully saturated rings. The molecular weight excluding hydrogens is 408 g/mol. The highest BCUT2D eigenvalue weighted by Crippen LogP contribution is 2.29. The van der Waals surface area contributed by atoms with Crippen molar-refractivity contribution >= 4 is 21.6 Å². The lowest BCUT2D eigenvalue weighted by Crippen LogP contribution is -2.47. The van der Waals surface area contributed by atoms with E-state index < -0.39 is 35.7 Å². The lowest BCUT2D eigenvalue weighted by atomic mass is 9.95. The highest BCUT2D eigenvalue weighted by atomic mass is 32.2. The largest absolute Gasteiger partial charge is 0.473 e. The molecule has 4 rings (SSSR count). The van der Waals surface area contributed by atoms with E-state index in [4.69, 9.17) is 14.3 Å². The number of hydrogen-bond donors (Lipinski definition) is 2. The normalized spacial score (nSPS) is 25.3. The summed E-state index contributed by atoms with van der Waals surface area (Å²) in [4.78, 5) is 8.60. The minimum Gasteiger partial charge on any atom is -0.473 e. The van der Waals surface area contributed by atoms with Gasteiger partial charge in [-0.3, -0.25) is 5.10 Å². The lowest BCUT2D eigenvalue weighted by molar-refractivity contribution is 0.227. The van der Waals surface area contributed by atoms with Gasteiger partial charge < -0.3 is 10.1 Å². The molecule has 0 unspecified atom stereocenters. The van der Waals surface area contributed by atoms with Crippen molar-refractivity contribution < 1.29 is 22.7 Å². The summed E-state index contributed by atoms with van der Waals surface area (Å²) in [6.45, 7) is -4.22. The summed E-state index contributed by atoms with van der Waals surface area (Å²) in [5.74, 6) is -0.391. The van der Waals surface area contributed by atoms with E-state index in [9.17, 15) is 8.42 Å². The van der Waals surface area contributed by atoms with Crippen molar-refractivity contribution in [3.8, 4) is 17.1 Å². The van der Waals surface area contributed by atoms with Gasteiger partial charge in [0.05, 0.1) is 26.1 Å². The van der Waals surface area contributed by atoms with E-state index in [1.165, 1.54) is 22.9 Å². The molecule has 12 heteroatoms. The van der Waals surface area contributed by atoms with Gasteiger partial charge in [-0.15, -0.1) is 5.10 Å². The van der Waals surface area contributed by atoms with Gasteiger partial charge in [0.25, 0.3) is 0 Å². The molecule has 162 valence electrons. The van der Waals surface area contributed by atoms with Crippen LogP contribution in [0.2, 0.25) is 0 Å². The first-order valence-electron chi connectivity index (χ1n) is 12.7. The third kappa shape index (κ3) is 4.10. The first-order valence-corrected chi connectivity index (χ1v) is 11.0. The molecule has 3 aromatic heterocycles. The highest BCUT2D eigenvalue weighted by molar-refractivity contribution is 7.88. The molecule has 3 aromatic rings. The molecule has 0 spiro atoms. The summed E-state index contributed by atoms with van der Waals surface area (Å²) < 4.78 is 86.4. The van der Waals surface area contributed by atoms with Gasteiger partial charge in [0.1, 0.15) is 5.69 Å². The van der Waals surface area contributed by atoms with Gasteiger partial charge >= 0.3 is 0 Å². The summed E-state index contributed by atoms with van der Waals surface area (Å²) >= 11 is 0. The number of fused-ring (bicyclic) bond motifs is 1. The number of ether oxygens (including phenoxy) is 1. The topological polar surface area (TPSA) is 130 Å². The number of piperidine rings is 1. The predicted octanol–water partition coefficient (Wildman–Crippen LogP) is 1.38. The Morgan fingerprint density at radius 3 is 2.93 bits per heavy atom. The number of aromatic amines is 1. The standard InChI is InChI=1S/C18H26N8O3S/c1-11(2)29-17-16(13-7-20-21-8-13)19-9-15-23-18(24-26(15)17)22-14-5-6-25(10-12(14)3)30(4,27)28/h7-9,11-12,14H,5-6,10H2,1-4H3,(H,20,21)(H,22,24)/t12-,14+/m1/s1/i1D3,2D3,11D. The molecule has 1 aliphatic rings. The average molecular weight is 442 g/mol. The fraction of sp³-hybridized carbons (Fsp3) is 0.556. The number of nitrogens with one attached hydrogen (secondary N) is 2. The zero-order valence-electron chi connectivity index (χ0n) is 23.3. The molecule has 0 aliphatic carbocycles. The molecule has 2 atom stereocenters. The quantitative estimate of drug-likeness (QED) is 0.587. The predicted molar refractivity (Wildman–Crippen MR) is 112 cm³/mol. The Morgan fingerprint density at radius 1 is 1.43 bits per heavy atom. The minimum atomic E-state index is -3.36. The third-order valence-electron chi connectivity index (χ3n) is 4.96. The second-order valence-corrected chi connectivity index (χ2v) is 9.16. The minimum absolute atomic E-state index is 0.00217. The van der Waals surface area contributed by atoms with E-state index in [1.807, 2.05) is 6.92 Å². The fourth-order valence-electron chi connectivity index (χ4n) is 3.45. The first kappa shape index (κ1) is 13.5. The molecule has 0 saturated carbocycles. The molecule has 11 nitrogen and oxygen atoms in total. The van der Waals surface area contributed by atoms with Crippen molar-refractivity contribution in [3.63, 3.8) is 0 Å². The van der Waals surface area contributed by atoms with Crippen molar-refractivity contribution in [1.82, 2.24) is 34.1 Å². The summed E-state index contributed by atoms with van der Waals surface area (Å²) in [6, 6.07) is -0.180. The second-order valence-electron chi connectivity index (χ2n) is 7.17. The number of anilines is 1. The maximum atomic E-state index is 11.9. The van der Waals surface area contributed by atoms with Crippen LogP contribution < -0.4 is 10.1 Å². The number of hydrogen-bond acceptors (Lipinski definition) is 8. The van der Waals surface area contributed by atoms with Crippen LogP contribution in [0.5, 0.6) is 5.88 Å². The molecule has 0 aromatic carbocycles. The van der Waals surface area contributed by atoms with Crippen LogP contribution in [0.4, 0.5) is 5.95 Å². The Morgan fingerprint density at radius 2 is 2.27 bits per heavy atom. The average Bonchev–Trinajstić information content (AvgIpc) is 3.43. The maximum Gasteiger partial charge on any atom is 0.244 e. The van der Waals surface area contributed by atoms with E-state index >= 15 is 0 Å². The summed E-state index contributed by atoms with van der Waals surface area (Å²) in [5.41, 5.74) is 0.434. The van der Waals surface area contributed by atoms with E-state index in [2.05, 4.69) is 30.6 Å². The smallest absolute Gasteiger partial charge is 0.244 e. The zero-order valence-corrected chi connectivity index (χ0v) is 17.1. The van der Waals surface area contributed by atoms with Crippen LogP contribution in [0.15, 0.2) is 18.6 Å². The van der Waals surface area contributed by atoms with Crippen LogP contribution in [-0.4, -0.2) is 74.0 Å². The Hall–Kier alpha value is -2.73. The number of nitrogens with zero attached hydrogens (tertiary/aromatic N) is 6. The molecule has 2 N–H and O–H groups in total. The van der Waals surface area contributed by atoms with Crippen molar-refractivity contribution in [2.75, 3.05) is 24.7 Å². The summed E-state index contributed by atoms with van der Waals surface area (Å²) in [6.07, 6.45) is 2.43. The molecule has 0 amide bonds. The number of rotatable bonds is 6. The number of aromatic nitrogens is 6. The van der Waals surface area contributed by atoms with Gasteiger partial charge in [-0.05, 0) is 26.0 Å². The SMILES string of the molecule is [2H]C([2H])([2H])C([2H])(Oc1c(-c2cn[nH]c2)ncc2nc(N[C@H]3CCN(S(C)(=O)=O)C[C@H]3C)nn12)C([2H])([2H])[2H]. The number of sulfonamides is 1. The van der Waals surface area contributed by atoms with Crippen molar-refractivity contribution in [3.05, 3.63) is 18.6 Å². The zero-order chi connectivity index (χ0) is 27.4. The Labute approximate surface area is 184 Å². The summed E-state index contributed by atoms with van der Waals surface area (Å²) in [7, 11) is -3.32. The van der Waals surface area contributed by atoms with Gasteiger partial charge in [-0.25, -0.2) is 17.7 Å². The molecule has 0 radical (unpaired) electrons. The maximum absolute atomic E-state index is 11.9. The molecule has 1 aliphatic heterocycles. The van der Waals surface area contributed by atoms with E-state index in [0.717, 1.165) is 10.8 Å². The van der Waals surface area contributed by atoms with Gasteiger partial charge in [0, 0.05) is 39.1 Å².